The van der Waals surface area contributed by atoms with E-state index in [1.807, 2.05) is 12.3 Å². The van der Waals surface area contributed by atoms with Crippen LogP contribution in [0.5, 0.6) is 0 Å². The molecule has 2 fully saturated rings. The highest BCUT2D eigenvalue weighted by atomic mass is 15.2. The van der Waals surface area contributed by atoms with Gasteiger partial charge in [0.1, 0.15) is 6.07 Å². The highest BCUT2D eigenvalue weighted by molar-refractivity contribution is 5.59. The lowest BCUT2D eigenvalue weighted by atomic mass is 10.0. The van der Waals surface area contributed by atoms with Crippen LogP contribution >= 0.6 is 0 Å². The average molecular weight is 256 g/mol. The predicted octanol–water partition coefficient (Wildman–Crippen LogP) is 2.06. The quantitative estimate of drug-likeness (QED) is 0.896. The van der Waals surface area contributed by atoms with Crippen LogP contribution in [0.2, 0.25) is 0 Å². The number of hydrogen-bond donors (Lipinski definition) is 1. The van der Waals surface area contributed by atoms with Crippen LogP contribution in [0, 0.1) is 11.3 Å². The van der Waals surface area contributed by atoms with E-state index in [0.717, 1.165) is 24.3 Å². The predicted molar refractivity (Wildman–Crippen MR) is 75.0 cm³/mol. The summed E-state index contributed by atoms with van der Waals surface area (Å²) in [5.74, 6) is 0. The number of rotatable bonds is 4. The van der Waals surface area contributed by atoms with E-state index in [0.29, 0.717) is 12.1 Å². The molecular formula is C15H20N4. The van der Waals surface area contributed by atoms with Gasteiger partial charge in [-0.25, -0.2) is 0 Å². The molecule has 4 heteroatoms. The molecule has 100 valence electrons. The summed E-state index contributed by atoms with van der Waals surface area (Å²) in [4.78, 5) is 6.60. The third-order valence-electron chi connectivity index (χ3n) is 4.05. The van der Waals surface area contributed by atoms with Gasteiger partial charge in [0.2, 0.25) is 0 Å². The first-order valence-corrected chi connectivity index (χ1v) is 7.22. The van der Waals surface area contributed by atoms with E-state index in [1.54, 1.807) is 6.20 Å². The Hall–Kier alpha value is -1.60. The van der Waals surface area contributed by atoms with Crippen molar-refractivity contribution in [1.82, 2.24) is 10.3 Å². The fourth-order valence-corrected chi connectivity index (χ4v) is 2.86. The molecule has 1 aromatic heterocycles. The molecule has 1 aliphatic carbocycles. The molecule has 1 atom stereocenters. The van der Waals surface area contributed by atoms with Crippen molar-refractivity contribution in [3.8, 4) is 6.07 Å². The Morgan fingerprint density at radius 1 is 1.37 bits per heavy atom. The molecule has 0 aromatic carbocycles. The van der Waals surface area contributed by atoms with E-state index in [2.05, 4.69) is 21.3 Å². The summed E-state index contributed by atoms with van der Waals surface area (Å²) in [6, 6.07) is 5.28. The van der Waals surface area contributed by atoms with Crippen molar-refractivity contribution in [2.45, 2.75) is 44.2 Å². The van der Waals surface area contributed by atoms with Gasteiger partial charge in [0, 0.05) is 24.8 Å². The summed E-state index contributed by atoms with van der Waals surface area (Å²) in [5, 5.41) is 12.8. The minimum absolute atomic E-state index is 0.557. The summed E-state index contributed by atoms with van der Waals surface area (Å²) >= 11 is 0. The average Bonchev–Trinajstić information content (AvgIpc) is 3.30. The van der Waals surface area contributed by atoms with E-state index in [9.17, 15) is 5.26 Å². The summed E-state index contributed by atoms with van der Waals surface area (Å²) in [6.07, 6.45) is 9.88. The molecule has 1 N–H and O–H groups in total. The lowest BCUT2D eigenvalue weighted by Gasteiger charge is -2.32. The maximum absolute atomic E-state index is 9.26. The minimum Gasteiger partial charge on any atom is -0.365 e. The van der Waals surface area contributed by atoms with E-state index in [1.165, 1.54) is 32.1 Å². The number of pyridine rings is 1. The number of aromatic nitrogens is 1. The van der Waals surface area contributed by atoms with Gasteiger partial charge in [-0.3, -0.25) is 4.98 Å². The topological polar surface area (TPSA) is 52.0 Å². The second kappa shape index (κ2) is 5.58. The van der Waals surface area contributed by atoms with Crippen LogP contribution in [0.4, 0.5) is 5.69 Å². The number of anilines is 1. The van der Waals surface area contributed by atoms with Gasteiger partial charge in [-0.05, 0) is 38.3 Å². The van der Waals surface area contributed by atoms with Crippen LogP contribution in [0.15, 0.2) is 18.5 Å². The molecule has 2 heterocycles. The summed E-state index contributed by atoms with van der Waals surface area (Å²) in [6.45, 7) is 2.13. The monoisotopic (exact) mass is 256 g/mol. The smallest absolute Gasteiger partial charge is 0.101 e. The van der Waals surface area contributed by atoms with Gasteiger partial charge in [-0.1, -0.05) is 6.42 Å². The molecule has 0 amide bonds. The standard InChI is InChI=1S/C15H20N4/c16-9-12-6-8-17-10-15(12)19(14-4-5-14)11-13-3-1-2-7-18-13/h6,8,10,13-14,18H,1-5,7,11H2. The highest BCUT2D eigenvalue weighted by Crippen LogP contribution is 2.33. The SMILES string of the molecule is N#Cc1ccncc1N(CC1CCCCN1)C1CC1. The van der Waals surface area contributed by atoms with Crippen molar-refractivity contribution in [2.24, 2.45) is 0 Å². The summed E-state index contributed by atoms with van der Waals surface area (Å²) < 4.78 is 0. The van der Waals surface area contributed by atoms with Gasteiger partial charge < -0.3 is 10.2 Å². The van der Waals surface area contributed by atoms with Crippen LogP contribution in [-0.4, -0.2) is 30.2 Å². The number of nitrogens with one attached hydrogen (secondary N) is 1. The molecular weight excluding hydrogens is 236 g/mol. The lowest BCUT2D eigenvalue weighted by Crippen LogP contribution is -2.44. The highest BCUT2D eigenvalue weighted by Gasteiger charge is 2.32. The van der Waals surface area contributed by atoms with Crippen LogP contribution in [0.3, 0.4) is 0 Å². The number of hydrogen-bond acceptors (Lipinski definition) is 4. The molecule has 4 nitrogen and oxygen atoms in total. The van der Waals surface area contributed by atoms with Crippen molar-refractivity contribution in [3.63, 3.8) is 0 Å². The molecule has 3 rings (SSSR count). The van der Waals surface area contributed by atoms with Gasteiger partial charge >= 0.3 is 0 Å². The third-order valence-corrected chi connectivity index (χ3v) is 4.05. The largest absolute Gasteiger partial charge is 0.365 e. The maximum Gasteiger partial charge on any atom is 0.101 e. The molecule has 0 bridgehead atoms. The van der Waals surface area contributed by atoms with Crippen molar-refractivity contribution in [3.05, 3.63) is 24.0 Å². The molecule has 1 aromatic rings. The van der Waals surface area contributed by atoms with Gasteiger partial charge in [-0.15, -0.1) is 0 Å². The Kier molecular flexibility index (Phi) is 3.65. The second-order valence-electron chi connectivity index (χ2n) is 5.53. The maximum atomic E-state index is 9.26. The fourth-order valence-electron chi connectivity index (χ4n) is 2.86. The molecule has 1 unspecified atom stereocenters. The van der Waals surface area contributed by atoms with Crippen LogP contribution in [0.1, 0.15) is 37.7 Å². The van der Waals surface area contributed by atoms with Gasteiger partial charge in [-0.2, -0.15) is 5.26 Å². The van der Waals surface area contributed by atoms with Gasteiger partial charge in [0.05, 0.1) is 17.4 Å². The normalized spacial score (nSPS) is 22.8. The van der Waals surface area contributed by atoms with E-state index >= 15 is 0 Å². The van der Waals surface area contributed by atoms with Crippen molar-refractivity contribution >= 4 is 5.69 Å². The molecule has 0 radical (unpaired) electrons. The van der Waals surface area contributed by atoms with Crippen LogP contribution < -0.4 is 10.2 Å². The molecule has 2 aliphatic rings. The first kappa shape index (κ1) is 12.4. The Morgan fingerprint density at radius 3 is 2.95 bits per heavy atom. The Balaban J connectivity index is 1.78. The van der Waals surface area contributed by atoms with Crippen molar-refractivity contribution in [1.29, 1.82) is 5.26 Å². The van der Waals surface area contributed by atoms with E-state index in [-0.39, 0.29) is 0 Å². The van der Waals surface area contributed by atoms with Crippen LogP contribution in [0.25, 0.3) is 0 Å². The number of nitrogens with zero attached hydrogens (tertiary/aromatic N) is 3. The third kappa shape index (κ3) is 2.87. The first-order valence-electron chi connectivity index (χ1n) is 7.22. The first-order chi connectivity index (χ1) is 9.38. The van der Waals surface area contributed by atoms with E-state index in [4.69, 9.17) is 0 Å². The summed E-state index contributed by atoms with van der Waals surface area (Å²) in [5.41, 5.74) is 1.76. The molecule has 1 aliphatic heterocycles. The molecule has 19 heavy (non-hydrogen) atoms. The zero-order chi connectivity index (χ0) is 13.1. The number of nitriles is 1. The van der Waals surface area contributed by atoms with E-state index < -0.39 is 0 Å². The molecule has 0 spiro atoms. The fraction of sp³-hybridized carbons (Fsp3) is 0.600. The second-order valence-corrected chi connectivity index (χ2v) is 5.53. The van der Waals surface area contributed by atoms with Crippen molar-refractivity contribution < 1.29 is 0 Å². The Morgan fingerprint density at radius 2 is 2.26 bits per heavy atom. The van der Waals surface area contributed by atoms with Gasteiger partial charge in [0.25, 0.3) is 0 Å². The lowest BCUT2D eigenvalue weighted by molar-refractivity contribution is 0.398. The number of piperidine rings is 1. The molecule has 1 saturated carbocycles. The Bertz CT molecular complexity index is 469. The van der Waals surface area contributed by atoms with Crippen molar-refractivity contribution in [2.75, 3.05) is 18.0 Å². The molecule has 1 saturated heterocycles. The summed E-state index contributed by atoms with van der Waals surface area (Å²) in [7, 11) is 0. The Labute approximate surface area is 114 Å². The zero-order valence-electron chi connectivity index (χ0n) is 11.2. The van der Waals surface area contributed by atoms with Gasteiger partial charge in [0.15, 0.2) is 0 Å². The van der Waals surface area contributed by atoms with Crippen LogP contribution in [-0.2, 0) is 0 Å². The minimum atomic E-state index is 0.557. The zero-order valence-corrected chi connectivity index (χ0v) is 11.2.